The lowest BCUT2D eigenvalue weighted by Crippen LogP contribution is -2.24. The quantitative estimate of drug-likeness (QED) is 0.902. The molecule has 0 bridgehead atoms. The fraction of sp³-hybridized carbons (Fsp3) is 0.333. The molecule has 0 aliphatic rings. The van der Waals surface area contributed by atoms with E-state index in [1.165, 1.54) is 6.07 Å². The molecule has 2 aromatic rings. The number of rotatable bonds is 4. The Bertz CT molecular complexity index is 664. The predicted octanol–water partition coefficient (Wildman–Crippen LogP) is 3.01. The van der Waals surface area contributed by atoms with Gasteiger partial charge in [0.05, 0.1) is 5.69 Å². The van der Waals surface area contributed by atoms with Crippen molar-refractivity contribution in [2.24, 2.45) is 0 Å². The maximum Gasteiger partial charge on any atom is 0.251 e. The second-order valence-electron chi connectivity index (χ2n) is 5.08. The molecule has 0 fully saturated rings. The molecule has 0 aliphatic carbocycles. The average Bonchev–Trinajstić information content (AvgIpc) is 2.39. The van der Waals surface area contributed by atoms with E-state index in [0.717, 1.165) is 21.3 Å². The first kappa shape index (κ1) is 14.9. The number of hydrogen-bond donors (Lipinski definition) is 2. The van der Waals surface area contributed by atoms with Gasteiger partial charge in [0, 0.05) is 28.7 Å². The highest BCUT2D eigenvalue weighted by Crippen LogP contribution is 2.22. The lowest BCUT2D eigenvalue weighted by molar-refractivity contribution is 0.580. The minimum atomic E-state index is -0.132. The second-order valence-corrected chi connectivity index (χ2v) is 5.94. The van der Waals surface area contributed by atoms with Crippen LogP contribution in [0.2, 0.25) is 0 Å². The van der Waals surface area contributed by atoms with Crippen LogP contribution in [0.15, 0.2) is 33.5 Å². The molecule has 5 heteroatoms. The van der Waals surface area contributed by atoms with E-state index in [1.54, 1.807) is 0 Å². The van der Waals surface area contributed by atoms with Crippen LogP contribution in [-0.2, 0) is 6.54 Å². The molecule has 1 aromatic heterocycles. The topological polar surface area (TPSA) is 57.8 Å². The zero-order valence-electron chi connectivity index (χ0n) is 11.8. The Balaban J connectivity index is 2.36. The van der Waals surface area contributed by atoms with Crippen molar-refractivity contribution in [2.75, 3.05) is 0 Å². The molecule has 0 amide bonds. The summed E-state index contributed by atoms with van der Waals surface area (Å²) in [4.78, 5) is 19.0. The molecule has 0 unspecified atom stereocenters. The Hall–Kier alpha value is -1.46. The summed E-state index contributed by atoms with van der Waals surface area (Å²) in [5.41, 5.74) is 2.65. The van der Waals surface area contributed by atoms with E-state index in [1.807, 2.05) is 25.1 Å². The highest BCUT2D eigenvalue weighted by atomic mass is 79.9. The summed E-state index contributed by atoms with van der Waals surface area (Å²) < 4.78 is 1.00. The van der Waals surface area contributed by atoms with E-state index >= 15 is 0 Å². The van der Waals surface area contributed by atoms with Crippen molar-refractivity contribution in [2.45, 2.75) is 33.4 Å². The molecule has 106 valence electrons. The number of hydrogen-bond acceptors (Lipinski definition) is 3. The zero-order valence-corrected chi connectivity index (χ0v) is 13.4. The van der Waals surface area contributed by atoms with Gasteiger partial charge < -0.3 is 10.3 Å². The van der Waals surface area contributed by atoms with Crippen LogP contribution < -0.4 is 10.9 Å². The number of H-pyrrole nitrogens is 1. The van der Waals surface area contributed by atoms with E-state index in [2.05, 4.69) is 45.1 Å². The Labute approximate surface area is 126 Å². The molecule has 0 radical (unpaired) electrons. The van der Waals surface area contributed by atoms with Gasteiger partial charge in [0.25, 0.3) is 5.56 Å². The van der Waals surface area contributed by atoms with E-state index in [4.69, 9.17) is 0 Å². The molecule has 20 heavy (non-hydrogen) atoms. The van der Waals surface area contributed by atoms with Gasteiger partial charge in [-0.15, -0.1) is 0 Å². The number of aromatic amines is 1. The van der Waals surface area contributed by atoms with E-state index in [-0.39, 0.29) is 5.56 Å². The second kappa shape index (κ2) is 6.33. The molecule has 4 nitrogen and oxygen atoms in total. The maximum absolute atomic E-state index is 11.7. The number of nitrogens with one attached hydrogen (secondary N) is 2. The largest absolute Gasteiger partial charge is 0.309 e. The van der Waals surface area contributed by atoms with Gasteiger partial charge in [0.15, 0.2) is 0 Å². The fourth-order valence-corrected chi connectivity index (χ4v) is 2.16. The highest BCUT2D eigenvalue weighted by Gasteiger charge is 2.06. The van der Waals surface area contributed by atoms with Gasteiger partial charge in [-0.1, -0.05) is 41.9 Å². The minimum absolute atomic E-state index is 0.132. The Kier molecular flexibility index (Phi) is 4.73. The molecule has 0 saturated carbocycles. The molecule has 0 aliphatic heterocycles. The van der Waals surface area contributed by atoms with E-state index in [0.29, 0.717) is 18.4 Å². The molecule has 0 spiro atoms. The smallest absolute Gasteiger partial charge is 0.251 e. The monoisotopic (exact) mass is 335 g/mol. The SMILES string of the molecule is Cc1ccc(-c2nc(CNC(C)C)cc(=O)[nH]2)cc1Br. The number of aromatic nitrogens is 2. The summed E-state index contributed by atoms with van der Waals surface area (Å²) in [7, 11) is 0. The fourth-order valence-electron chi connectivity index (χ4n) is 1.78. The standard InChI is InChI=1S/C15H18BrN3O/c1-9(2)17-8-12-7-14(20)19-15(18-12)11-5-4-10(3)13(16)6-11/h4-7,9,17H,8H2,1-3H3,(H,18,19,20). The summed E-state index contributed by atoms with van der Waals surface area (Å²) in [6.45, 7) is 6.73. The summed E-state index contributed by atoms with van der Waals surface area (Å²) in [5, 5.41) is 3.26. The van der Waals surface area contributed by atoms with Gasteiger partial charge in [-0.2, -0.15) is 0 Å². The lowest BCUT2D eigenvalue weighted by atomic mass is 10.1. The summed E-state index contributed by atoms with van der Waals surface area (Å²) in [6, 6.07) is 7.80. The molecule has 0 atom stereocenters. The molecule has 1 heterocycles. The van der Waals surface area contributed by atoms with Crippen LogP contribution in [0.5, 0.6) is 0 Å². The lowest BCUT2D eigenvalue weighted by Gasteiger charge is -2.09. The Morgan fingerprint density at radius 2 is 2.10 bits per heavy atom. The maximum atomic E-state index is 11.7. The van der Waals surface area contributed by atoms with Gasteiger partial charge in [-0.25, -0.2) is 4.98 Å². The predicted molar refractivity (Wildman–Crippen MR) is 84.7 cm³/mol. The van der Waals surface area contributed by atoms with E-state index < -0.39 is 0 Å². The molecule has 2 N–H and O–H groups in total. The van der Waals surface area contributed by atoms with E-state index in [9.17, 15) is 4.79 Å². The molecular weight excluding hydrogens is 318 g/mol. The van der Waals surface area contributed by atoms with Crippen molar-refractivity contribution in [1.82, 2.24) is 15.3 Å². The number of nitrogens with zero attached hydrogens (tertiary/aromatic N) is 1. The van der Waals surface area contributed by atoms with Gasteiger partial charge in [-0.3, -0.25) is 4.79 Å². The molecule has 2 rings (SSSR count). The Morgan fingerprint density at radius 1 is 1.35 bits per heavy atom. The first-order chi connectivity index (χ1) is 9.45. The highest BCUT2D eigenvalue weighted by molar-refractivity contribution is 9.10. The molecular formula is C15H18BrN3O. The zero-order chi connectivity index (χ0) is 14.7. The first-order valence-electron chi connectivity index (χ1n) is 6.56. The summed E-state index contributed by atoms with van der Waals surface area (Å²) >= 11 is 3.50. The Morgan fingerprint density at radius 3 is 2.75 bits per heavy atom. The van der Waals surface area contributed by atoms with Gasteiger partial charge >= 0.3 is 0 Å². The van der Waals surface area contributed by atoms with Gasteiger partial charge in [-0.05, 0) is 18.6 Å². The normalized spacial score (nSPS) is 11.1. The van der Waals surface area contributed by atoms with Crippen LogP contribution in [0.4, 0.5) is 0 Å². The first-order valence-corrected chi connectivity index (χ1v) is 7.35. The summed E-state index contributed by atoms with van der Waals surface area (Å²) in [5.74, 6) is 0.596. The average molecular weight is 336 g/mol. The number of benzene rings is 1. The van der Waals surface area contributed by atoms with Crippen molar-refractivity contribution in [3.8, 4) is 11.4 Å². The van der Waals surface area contributed by atoms with Crippen LogP contribution in [-0.4, -0.2) is 16.0 Å². The van der Waals surface area contributed by atoms with Crippen molar-refractivity contribution in [1.29, 1.82) is 0 Å². The third-order valence-corrected chi connectivity index (χ3v) is 3.79. The van der Waals surface area contributed by atoms with Gasteiger partial charge in [0.1, 0.15) is 5.82 Å². The number of halogens is 1. The third kappa shape index (κ3) is 3.77. The van der Waals surface area contributed by atoms with Gasteiger partial charge in [0.2, 0.25) is 0 Å². The number of aryl methyl sites for hydroxylation is 1. The van der Waals surface area contributed by atoms with Crippen LogP contribution in [0.3, 0.4) is 0 Å². The van der Waals surface area contributed by atoms with Crippen LogP contribution in [0, 0.1) is 6.92 Å². The van der Waals surface area contributed by atoms with Crippen LogP contribution >= 0.6 is 15.9 Å². The molecule has 0 saturated heterocycles. The van der Waals surface area contributed by atoms with Crippen LogP contribution in [0.25, 0.3) is 11.4 Å². The summed E-state index contributed by atoms with van der Waals surface area (Å²) in [6.07, 6.45) is 0. The van der Waals surface area contributed by atoms with Crippen molar-refractivity contribution >= 4 is 15.9 Å². The van der Waals surface area contributed by atoms with Crippen molar-refractivity contribution in [3.05, 3.63) is 50.3 Å². The molecule has 1 aromatic carbocycles. The van der Waals surface area contributed by atoms with Crippen LogP contribution in [0.1, 0.15) is 25.1 Å². The van der Waals surface area contributed by atoms with Crippen molar-refractivity contribution < 1.29 is 0 Å². The minimum Gasteiger partial charge on any atom is -0.309 e. The third-order valence-electron chi connectivity index (χ3n) is 2.93. The van der Waals surface area contributed by atoms with Crippen molar-refractivity contribution in [3.63, 3.8) is 0 Å².